The van der Waals surface area contributed by atoms with E-state index >= 15 is 4.39 Å². The maximum atomic E-state index is 15.7. The zero-order valence-electron chi connectivity index (χ0n) is 26.4. The van der Waals surface area contributed by atoms with Crippen LogP contribution >= 0.6 is 11.6 Å². The molecule has 12 heteroatoms. The highest BCUT2D eigenvalue weighted by molar-refractivity contribution is 6.34. The van der Waals surface area contributed by atoms with Crippen LogP contribution in [0.1, 0.15) is 67.8 Å². The number of esters is 1. The van der Waals surface area contributed by atoms with Gasteiger partial charge in [-0.25, -0.2) is 4.39 Å². The topological polar surface area (TPSA) is 119 Å². The number of Topliss-reactive ketones (excluding diaryl/α,β-unsaturated/α-hetero) is 1. The monoisotopic (exact) mass is 654 g/mol. The standard InChI is InChI=1S/C34H40ClFN4O6/c1-4-31(42)38-34(40-15-7-8-16-40,46-23-13-11-21(12-14-23)33(44)45-3)30(41)18-22-17-26(35)28(19-27(22)36)37-32(43)25-20-39(2)29-10-6-5-9-24(25)29/h5-6,9-10,17,19-21,23H,4,7-8,11-16,18H2,1-3H3,(H,37,43)(H,38,42). The molecule has 0 bridgehead atoms. The number of anilines is 1. The van der Waals surface area contributed by atoms with Crippen LogP contribution in [0.25, 0.3) is 10.9 Å². The van der Waals surface area contributed by atoms with Gasteiger partial charge in [-0.3, -0.25) is 24.1 Å². The van der Waals surface area contributed by atoms with Crippen LogP contribution < -0.4 is 10.6 Å². The molecule has 2 fully saturated rings. The van der Waals surface area contributed by atoms with Gasteiger partial charge in [0.15, 0.2) is 0 Å². The fourth-order valence-electron chi connectivity index (χ4n) is 6.45. The highest BCUT2D eigenvalue weighted by Gasteiger charge is 2.49. The number of ether oxygens (including phenoxy) is 2. The van der Waals surface area contributed by atoms with Gasteiger partial charge in [0.2, 0.25) is 11.7 Å². The molecule has 1 aliphatic carbocycles. The van der Waals surface area contributed by atoms with E-state index in [-0.39, 0.29) is 40.5 Å². The zero-order chi connectivity index (χ0) is 33.0. The first kappa shape index (κ1) is 33.6. The van der Waals surface area contributed by atoms with Gasteiger partial charge in [0.05, 0.1) is 35.4 Å². The van der Waals surface area contributed by atoms with Gasteiger partial charge in [0.1, 0.15) is 5.82 Å². The van der Waals surface area contributed by atoms with E-state index in [1.165, 1.54) is 13.2 Å². The van der Waals surface area contributed by atoms with Gasteiger partial charge in [0, 0.05) is 50.1 Å². The minimum Gasteiger partial charge on any atom is -0.469 e. The molecule has 2 aromatic carbocycles. The van der Waals surface area contributed by atoms with Crippen molar-refractivity contribution < 1.29 is 33.0 Å². The molecule has 2 aliphatic rings. The van der Waals surface area contributed by atoms with Crippen LogP contribution in [0.5, 0.6) is 0 Å². The number of carbonyl (C=O) groups excluding carboxylic acids is 4. The summed E-state index contributed by atoms with van der Waals surface area (Å²) in [4.78, 5) is 54.2. The molecule has 1 aliphatic heterocycles. The first-order chi connectivity index (χ1) is 22.1. The number of nitrogens with zero attached hydrogens (tertiary/aromatic N) is 2. The summed E-state index contributed by atoms with van der Waals surface area (Å²) in [5.41, 5.74) is 1.35. The minimum absolute atomic E-state index is 0.00507. The zero-order valence-corrected chi connectivity index (χ0v) is 27.1. The Kier molecular flexibility index (Phi) is 10.4. The summed E-state index contributed by atoms with van der Waals surface area (Å²) < 4.78 is 28.9. The third kappa shape index (κ3) is 6.96. The second-order valence-corrected chi connectivity index (χ2v) is 12.4. The summed E-state index contributed by atoms with van der Waals surface area (Å²) in [7, 11) is 3.19. The van der Waals surface area contributed by atoms with Gasteiger partial charge in [0.25, 0.3) is 11.8 Å². The predicted octanol–water partition coefficient (Wildman–Crippen LogP) is 5.36. The van der Waals surface area contributed by atoms with E-state index in [4.69, 9.17) is 21.1 Å². The van der Waals surface area contributed by atoms with E-state index in [9.17, 15) is 19.2 Å². The summed E-state index contributed by atoms with van der Waals surface area (Å²) >= 11 is 6.55. The Morgan fingerprint density at radius 1 is 1.07 bits per heavy atom. The Labute approximate surface area is 272 Å². The molecule has 0 radical (unpaired) electrons. The Bertz CT molecular complexity index is 1630. The Hall–Kier alpha value is -3.80. The summed E-state index contributed by atoms with van der Waals surface area (Å²) in [6, 6.07) is 9.87. The van der Waals surface area contributed by atoms with Crippen LogP contribution in [0, 0.1) is 11.7 Å². The highest BCUT2D eigenvalue weighted by atomic mass is 35.5. The molecule has 1 atom stereocenters. The van der Waals surface area contributed by atoms with Crippen molar-refractivity contribution in [2.45, 2.75) is 70.2 Å². The number of para-hydroxylation sites is 1. The van der Waals surface area contributed by atoms with Crippen molar-refractivity contribution in [3.05, 3.63) is 64.6 Å². The smallest absolute Gasteiger partial charge is 0.308 e. The molecule has 2 amide bonds. The van der Waals surface area contributed by atoms with Gasteiger partial charge in [-0.2, -0.15) is 0 Å². The number of ketones is 1. The first-order valence-electron chi connectivity index (χ1n) is 15.7. The molecule has 1 saturated heterocycles. The number of nitrogens with one attached hydrogen (secondary N) is 2. The quantitative estimate of drug-likeness (QED) is 0.211. The molecule has 1 aromatic heterocycles. The van der Waals surface area contributed by atoms with E-state index in [0.29, 0.717) is 44.3 Å². The van der Waals surface area contributed by atoms with Gasteiger partial charge in [-0.1, -0.05) is 36.7 Å². The largest absolute Gasteiger partial charge is 0.469 e. The molecule has 10 nitrogen and oxygen atoms in total. The lowest BCUT2D eigenvalue weighted by Crippen LogP contribution is -2.68. The Balaban J connectivity index is 1.39. The summed E-state index contributed by atoms with van der Waals surface area (Å²) in [6.07, 6.45) is 4.64. The van der Waals surface area contributed by atoms with Gasteiger partial charge in [-0.15, -0.1) is 0 Å². The second-order valence-electron chi connectivity index (χ2n) is 12.0. The van der Waals surface area contributed by atoms with Crippen molar-refractivity contribution in [2.24, 2.45) is 13.0 Å². The number of methoxy groups -OCH3 is 1. The van der Waals surface area contributed by atoms with Crippen LogP contribution in [0.3, 0.4) is 0 Å². The molecular weight excluding hydrogens is 615 g/mol. The highest BCUT2D eigenvalue weighted by Crippen LogP contribution is 2.34. The SMILES string of the molecule is CCC(=O)NC(OC1CCC(C(=O)OC)CC1)(C(=O)Cc1cc(Cl)c(NC(=O)c2cn(C)c3ccccc23)cc1F)N1CCCC1. The number of fused-ring (bicyclic) bond motifs is 1. The van der Waals surface area contributed by atoms with Crippen molar-refractivity contribution in [1.29, 1.82) is 0 Å². The summed E-state index contributed by atoms with van der Waals surface area (Å²) in [6.45, 7) is 2.70. The maximum absolute atomic E-state index is 15.7. The number of carbonyl (C=O) groups is 4. The third-order valence-electron chi connectivity index (χ3n) is 8.98. The average molecular weight is 655 g/mol. The number of benzene rings is 2. The molecule has 5 rings (SSSR count). The first-order valence-corrected chi connectivity index (χ1v) is 16.1. The van der Waals surface area contributed by atoms with E-state index in [0.717, 1.165) is 29.8 Å². The lowest BCUT2D eigenvalue weighted by molar-refractivity contribution is -0.209. The van der Waals surface area contributed by atoms with E-state index in [1.54, 1.807) is 13.1 Å². The average Bonchev–Trinajstić information content (AvgIpc) is 3.72. The molecule has 3 aromatic rings. The van der Waals surface area contributed by atoms with Gasteiger partial charge in [-0.05, 0) is 62.3 Å². The molecule has 46 heavy (non-hydrogen) atoms. The van der Waals surface area contributed by atoms with Crippen molar-refractivity contribution in [1.82, 2.24) is 14.8 Å². The normalized spacial score (nSPS) is 19.8. The number of halogens is 2. The van der Waals surface area contributed by atoms with Gasteiger partial charge < -0.3 is 24.7 Å². The Morgan fingerprint density at radius 3 is 2.43 bits per heavy atom. The Morgan fingerprint density at radius 2 is 1.76 bits per heavy atom. The van der Waals surface area contributed by atoms with Crippen molar-refractivity contribution in [3.63, 3.8) is 0 Å². The molecule has 2 heterocycles. The number of aromatic nitrogens is 1. The van der Waals surface area contributed by atoms with Crippen molar-refractivity contribution in [2.75, 3.05) is 25.5 Å². The molecule has 0 spiro atoms. The summed E-state index contributed by atoms with van der Waals surface area (Å²) in [5, 5.41) is 6.35. The van der Waals surface area contributed by atoms with Crippen LogP contribution in [0.15, 0.2) is 42.6 Å². The lowest BCUT2D eigenvalue weighted by atomic mass is 9.87. The van der Waals surface area contributed by atoms with Crippen LogP contribution in [0.2, 0.25) is 5.02 Å². The maximum Gasteiger partial charge on any atom is 0.308 e. The van der Waals surface area contributed by atoms with E-state index in [2.05, 4.69) is 10.6 Å². The number of hydrogen-bond acceptors (Lipinski definition) is 7. The number of rotatable bonds is 11. The fraction of sp³-hybridized carbons (Fsp3) is 0.471. The minimum atomic E-state index is -1.81. The lowest BCUT2D eigenvalue weighted by Gasteiger charge is -2.43. The van der Waals surface area contributed by atoms with Gasteiger partial charge >= 0.3 is 5.97 Å². The summed E-state index contributed by atoms with van der Waals surface area (Å²) in [5.74, 6) is -4.44. The van der Waals surface area contributed by atoms with Crippen LogP contribution in [-0.2, 0) is 37.3 Å². The third-order valence-corrected chi connectivity index (χ3v) is 9.29. The van der Waals surface area contributed by atoms with Crippen LogP contribution in [-0.4, -0.2) is 65.2 Å². The molecule has 1 saturated carbocycles. The number of amides is 2. The van der Waals surface area contributed by atoms with E-state index < -0.39 is 35.9 Å². The molecule has 246 valence electrons. The van der Waals surface area contributed by atoms with Crippen molar-refractivity contribution in [3.8, 4) is 0 Å². The second kappa shape index (κ2) is 14.3. The fourth-order valence-corrected chi connectivity index (χ4v) is 6.69. The molecule has 1 unspecified atom stereocenters. The number of hydrogen-bond donors (Lipinski definition) is 2. The number of aryl methyl sites for hydroxylation is 1. The molecular formula is C34H40ClFN4O6. The number of likely N-dealkylation sites (tertiary alicyclic amines) is 1. The van der Waals surface area contributed by atoms with E-state index in [1.807, 2.05) is 40.8 Å². The predicted molar refractivity (Wildman–Crippen MR) is 172 cm³/mol. The molecule has 2 N–H and O–H groups in total. The van der Waals surface area contributed by atoms with Crippen molar-refractivity contribution >= 4 is 51.8 Å². The van der Waals surface area contributed by atoms with Crippen LogP contribution in [0.4, 0.5) is 10.1 Å².